The second-order valence-corrected chi connectivity index (χ2v) is 4.30. The van der Waals surface area contributed by atoms with Gasteiger partial charge in [0.15, 0.2) is 0 Å². The molecule has 1 saturated heterocycles. The van der Waals surface area contributed by atoms with Crippen molar-refractivity contribution in [1.82, 2.24) is 9.97 Å². The zero-order valence-corrected chi connectivity index (χ0v) is 9.44. The van der Waals surface area contributed by atoms with E-state index in [1.165, 1.54) is 6.07 Å². The quantitative estimate of drug-likeness (QED) is 0.772. The molecule has 0 bridgehead atoms. The minimum absolute atomic E-state index is 0.104. The Balaban J connectivity index is 2.11. The van der Waals surface area contributed by atoms with E-state index in [-0.39, 0.29) is 12.2 Å². The molecule has 1 aliphatic heterocycles. The Bertz CT molecular complexity index is 416. The number of H-pyrrole nitrogens is 1. The van der Waals surface area contributed by atoms with Gasteiger partial charge in [0.2, 0.25) is 0 Å². The average Bonchev–Trinajstić information content (AvgIpc) is 2.65. The van der Waals surface area contributed by atoms with E-state index < -0.39 is 0 Å². The van der Waals surface area contributed by atoms with E-state index in [9.17, 15) is 4.79 Å². The highest BCUT2D eigenvalue weighted by Crippen LogP contribution is 2.23. The van der Waals surface area contributed by atoms with Gasteiger partial charge in [0.05, 0.1) is 0 Å². The Hall–Kier alpha value is -1.36. The molecule has 1 fully saturated rings. The van der Waals surface area contributed by atoms with Crippen LogP contribution in [0.2, 0.25) is 0 Å². The summed E-state index contributed by atoms with van der Waals surface area (Å²) in [6.07, 6.45) is 1.90. The van der Waals surface area contributed by atoms with Crippen molar-refractivity contribution in [2.75, 3.05) is 24.6 Å². The highest BCUT2D eigenvalue weighted by molar-refractivity contribution is 5.38. The molecule has 1 aromatic heterocycles. The Kier molecular flexibility index (Phi) is 3.24. The second kappa shape index (κ2) is 4.65. The third-order valence-electron chi connectivity index (χ3n) is 2.99. The van der Waals surface area contributed by atoms with Gasteiger partial charge in [-0.05, 0) is 25.7 Å². The molecule has 1 aromatic rings. The van der Waals surface area contributed by atoms with E-state index in [0.717, 1.165) is 31.7 Å². The van der Waals surface area contributed by atoms with Gasteiger partial charge in [-0.1, -0.05) is 0 Å². The first-order valence-electron chi connectivity index (χ1n) is 5.63. The smallest absolute Gasteiger partial charge is 0.252 e. The summed E-state index contributed by atoms with van der Waals surface area (Å²) in [4.78, 5) is 20.4. The maximum absolute atomic E-state index is 11.3. The summed E-state index contributed by atoms with van der Waals surface area (Å²) < 4.78 is 0. The number of aromatic nitrogens is 2. The molecule has 88 valence electrons. The summed E-state index contributed by atoms with van der Waals surface area (Å²) >= 11 is 0. The molecule has 5 nitrogen and oxygen atoms in total. The lowest BCUT2D eigenvalue weighted by atomic mass is 10.1. The fraction of sp³-hybridized carbons (Fsp3) is 0.636. The first-order chi connectivity index (χ1) is 7.69. The zero-order valence-electron chi connectivity index (χ0n) is 9.44. The minimum Gasteiger partial charge on any atom is -0.396 e. The molecule has 1 atom stereocenters. The third-order valence-corrected chi connectivity index (χ3v) is 2.99. The lowest BCUT2D eigenvalue weighted by Gasteiger charge is -2.17. The van der Waals surface area contributed by atoms with Crippen LogP contribution in [0.3, 0.4) is 0 Å². The van der Waals surface area contributed by atoms with Gasteiger partial charge >= 0.3 is 0 Å². The average molecular weight is 223 g/mol. The number of aliphatic hydroxyl groups excluding tert-OH is 1. The fourth-order valence-electron chi connectivity index (χ4n) is 2.18. The highest BCUT2D eigenvalue weighted by atomic mass is 16.3. The van der Waals surface area contributed by atoms with Crippen LogP contribution >= 0.6 is 0 Å². The van der Waals surface area contributed by atoms with Gasteiger partial charge < -0.3 is 15.0 Å². The zero-order chi connectivity index (χ0) is 11.5. The molecule has 1 unspecified atom stereocenters. The summed E-state index contributed by atoms with van der Waals surface area (Å²) in [6.45, 7) is 3.82. The number of nitrogens with zero attached hydrogens (tertiary/aromatic N) is 2. The fourth-order valence-corrected chi connectivity index (χ4v) is 2.18. The standard InChI is InChI=1S/C11H17N3O2/c1-8-12-10(6-11(16)13-8)14-4-2-9(7-14)3-5-15/h6,9,15H,2-5,7H2,1H3,(H,12,13,16). The van der Waals surface area contributed by atoms with E-state index in [1.807, 2.05) is 0 Å². The number of aromatic amines is 1. The Morgan fingerprint density at radius 2 is 2.50 bits per heavy atom. The molecule has 0 aliphatic carbocycles. The van der Waals surface area contributed by atoms with Crippen LogP contribution in [0, 0.1) is 12.8 Å². The van der Waals surface area contributed by atoms with E-state index >= 15 is 0 Å². The van der Waals surface area contributed by atoms with Crippen molar-refractivity contribution in [2.45, 2.75) is 19.8 Å². The number of nitrogens with one attached hydrogen (secondary N) is 1. The summed E-state index contributed by atoms with van der Waals surface area (Å²) in [6, 6.07) is 1.54. The number of anilines is 1. The van der Waals surface area contributed by atoms with Crippen molar-refractivity contribution in [3.63, 3.8) is 0 Å². The highest BCUT2D eigenvalue weighted by Gasteiger charge is 2.23. The SMILES string of the molecule is Cc1nc(N2CCC(CCO)C2)cc(=O)[nH]1. The summed E-state index contributed by atoms with van der Waals surface area (Å²) in [5.74, 6) is 1.92. The molecular formula is C11H17N3O2. The number of hydrogen-bond donors (Lipinski definition) is 2. The molecule has 2 heterocycles. The van der Waals surface area contributed by atoms with E-state index in [0.29, 0.717) is 11.7 Å². The predicted molar refractivity (Wildman–Crippen MR) is 61.6 cm³/mol. The molecule has 0 aromatic carbocycles. The van der Waals surface area contributed by atoms with Crippen molar-refractivity contribution >= 4 is 5.82 Å². The lowest BCUT2D eigenvalue weighted by Crippen LogP contribution is -2.24. The van der Waals surface area contributed by atoms with Crippen LogP contribution in [-0.2, 0) is 0 Å². The Morgan fingerprint density at radius 3 is 3.19 bits per heavy atom. The maximum atomic E-state index is 11.3. The molecule has 1 aliphatic rings. The largest absolute Gasteiger partial charge is 0.396 e. The van der Waals surface area contributed by atoms with Gasteiger partial charge in [0, 0.05) is 25.8 Å². The summed E-state index contributed by atoms with van der Waals surface area (Å²) in [5, 5.41) is 8.88. The molecule has 0 radical (unpaired) electrons. The molecule has 16 heavy (non-hydrogen) atoms. The van der Waals surface area contributed by atoms with Gasteiger partial charge in [-0.2, -0.15) is 0 Å². The van der Waals surface area contributed by atoms with Crippen molar-refractivity contribution in [3.8, 4) is 0 Å². The number of aryl methyl sites for hydroxylation is 1. The van der Waals surface area contributed by atoms with Crippen LogP contribution in [0.25, 0.3) is 0 Å². The van der Waals surface area contributed by atoms with E-state index in [2.05, 4.69) is 14.9 Å². The molecule has 0 spiro atoms. The van der Waals surface area contributed by atoms with Crippen molar-refractivity contribution < 1.29 is 5.11 Å². The maximum Gasteiger partial charge on any atom is 0.252 e. The van der Waals surface area contributed by atoms with Crippen LogP contribution in [-0.4, -0.2) is 34.8 Å². The Labute approximate surface area is 94.1 Å². The molecule has 2 rings (SSSR count). The lowest BCUT2D eigenvalue weighted by molar-refractivity contribution is 0.263. The van der Waals surface area contributed by atoms with Crippen LogP contribution in [0.5, 0.6) is 0 Å². The topological polar surface area (TPSA) is 69.2 Å². The predicted octanol–water partition coefficient (Wildman–Crippen LogP) is 0.287. The monoisotopic (exact) mass is 223 g/mol. The van der Waals surface area contributed by atoms with Crippen LogP contribution in [0.1, 0.15) is 18.7 Å². The third kappa shape index (κ3) is 2.41. The summed E-state index contributed by atoms with van der Waals surface area (Å²) in [5.41, 5.74) is -0.104. The molecule has 2 N–H and O–H groups in total. The van der Waals surface area contributed by atoms with Gasteiger partial charge in [-0.3, -0.25) is 4.79 Å². The molecule has 0 amide bonds. The van der Waals surface area contributed by atoms with Crippen molar-refractivity contribution in [3.05, 3.63) is 22.2 Å². The van der Waals surface area contributed by atoms with Gasteiger partial charge in [0.25, 0.3) is 5.56 Å². The van der Waals surface area contributed by atoms with Gasteiger partial charge in [-0.25, -0.2) is 4.98 Å². The van der Waals surface area contributed by atoms with Gasteiger partial charge in [0.1, 0.15) is 11.6 Å². The molecular weight excluding hydrogens is 206 g/mol. The first kappa shape index (κ1) is 11.1. The van der Waals surface area contributed by atoms with Crippen LogP contribution in [0.15, 0.2) is 10.9 Å². The van der Waals surface area contributed by atoms with Gasteiger partial charge in [-0.15, -0.1) is 0 Å². The van der Waals surface area contributed by atoms with E-state index in [1.54, 1.807) is 6.92 Å². The minimum atomic E-state index is -0.104. The van der Waals surface area contributed by atoms with E-state index in [4.69, 9.17) is 5.11 Å². The molecule has 5 heteroatoms. The number of rotatable bonds is 3. The second-order valence-electron chi connectivity index (χ2n) is 4.30. The van der Waals surface area contributed by atoms with Crippen molar-refractivity contribution in [2.24, 2.45) is 5.92 Å². The molecule has 0 saturated carbocycles. The normalized spacial score (nSPS) is 20.4. The Morgan fingerprint density at radius 1 is 1.69 bits per heavy atom. The summed E-state index contributed by atoms with van der Waals surface area (Å²) in [7, 11) is 0. The van der Waals surface area contributed by atoms with Crippen LogP contribution < -0.4 is 10.5 Å². The van der Waals surface area contributed by atoms with Crippen molar-refractivity contribution in [1.29, 1.82) is 0 Å². The van der Waals surface area contributed by atoms with Crippen LogP contribution in [0.4, 0.5) is 5.82 Å². The number of aliphatic hydroxyl groups is 1. The first-order valence-corrected chi connectivity index (χ1v) is 5.63. The number of hydrogen-bond acceptors (Lipinski definition) is 4.